The average molecular weight is 341 g/mol. The van der Waals surface area contributed by atoms with Crippen LogP contribution in [0, 0.1) is 13.8 Å². The summed E-state index contributed by atoms with van der Waals surface area (Å²) in [4.78, 5) is 26.6. The molecule has 0 bridgehead atoms. The van der Waals surface area contributed by atoms with E-state index in [4.69, 9.17) is 0 Å². The number of thioether (sulfide) groups is 1. The van der Waals surface area contributed by atoms with Crippen LogP contribution in [0.2, 0.25) is 0 Å². The van der Waals surface area contributed by atoms with Gasteiger partial charge in [-0.2, -0.15) is 0 Å². The molecule has 2 aromatic rings. The van der Waals surface area contributed by atoms with E-state index in [2.05, 4.69) is 10.6 Å². The minimum absolute atomic E-state index is 0.0595. The molecule has 2 aromatic carbocycles. The van der Waals surface area contributed by atoms with E-state index in [-0.39, 0.29) is 11.9 Å². The van der Waals surface area contributed by atoms with Crippen molar-refractivity contribution in [3.8, 4) is 0 Å². The largest absolute Gasteiger partial charge is 0.323 e. The summed E-state index contributed by atoms with van der Waals surface area (Å²) in [7, 11) is 1.75. The first-order valence-corrected chi connectivity index (χ1v) is 8.61. The van der Waals surface area contributed by atoms with Crippen LogP contribution in [0.15, 0.2) is 41.3 Å². The lowest BCUT2D eigenvalue weighted by Gasteiger charge is -2.25. The van der Waals surface area contributed by atoms with Gasteiger partial charge in [0.1, 0.15) is 0 Å². The topological polar surface area (TPSA) is 61.4 Å². The van der Waals surface area contributed by atoms with Crippen molar-refractivity contribution in [2.24, 2.45) is 0 Å². The van der Waals surface area contributed by atoms with Gasteiger partial charge in [0.05, 0.1) is 11.4 Å². The Morgan fingerprint density at radius 1 is 1.04 bits per heavy atom. The zero-order valence-electron chi connectivity index (χ0n) is 13.8. The zero-order valence-corrected chi connectivity index (χ0v) is 14.7. The lowest BCUT2D eigenvalue weighted by Crippen LogP contribution is -2.31. The van der Waals surface area contributed by atoms with Crippen LogP contribution in [-0.4, -0.2) is 24.7 Å². The Labute approximate surface area is 145 Å². The van der Waals surface area contributed by atoms with Crippen molar-refractivity contribution in [2.75, 3.05) is 28.3 Å². The van der Waals surface area contributed by atoms with Gasteiger partial charge in [0, 0.05) is 23.3 Å². The molecular formula is C18H19N3O2S. The minimum Gasteiger partial charge on any atom is -0.314 e. The summed E-state index contributed by atoms with van der Waals surface area (Å²) in [6, 6.07) is 11.1. The summed E-state index contributed by atoms with van der Waals surface area (Å²) < 4.78 is 0. The number of hydrogen-bond donors (Lipinski definition) is 2. The van der Waals surface area contributed by atoms with E-state index in [9.17, 15) is 9.59 Å². The smallest absolute Gasteiger partial charge is 0.314 e. The quantitative estimate of drug-likeness (QED) is 0.867. The second-order valence-electron chi connectivity index (χ2n) is 5.80. The fourth-order valence-electron chi connectivity index (χ4n) is 2.46. The predicted octanol–water partition coefficient (Wildman–Crippen LogP) is 4.02. The van der Waals surface area contributed by atoms with Gasteiger partial charge in [-0.15, -0.1) is 11.8 Å². The van der Waals surface area contributed by atoms with Gasteiger partial charge in [0.2, 0.25) is 5.91 Å². The van der Waals surface area contributed by atoms with Crippen LogP contribution in [0.4, 0.5) is 21.9 Å². The lowest BCUT2D eigenvalue weighted by atomic mass is 10.1. The molecule has 5 nitrogen and oxygen atoms in total. The third kappa shape index (κ3) is 3.38. The van der Waals surface area contributed by atoms with E-state index in [1.165, 1.54) is 17.3 Å². The number of benzene rings is 2. The molecule has 6 heteroatoms. The summed E-state index contributed by atoms with van der Waals surface area (Å²) >= 11 is 1.51. The normalized spacial score (nSPS) is 13.5. The van der Waals surface area contributed by atoms with Gasteiger partial charge in [0.25, 0.3) is 0 Å². The molecule has 2 N–H and O–H groups in total. The monoisotopic (exact) mass is 341 g/mol. The molecule has 1 aliphatic heterocycles. The fourth-order valence-corrected chi connectivity index (χ4v) is 3.44. The highest BCUT2D eigenvalue weighted by Gasteiger charge is 2.21. The summed E-state index contributed by atoms with van der Waals surface area (Å²) in [5.41, 5.74) is 4.52. The molecule has 1 aliphatic rings. The lowest BCUT2D eigenvalue weighted by molar-refractivity contribution is -0.116. The molecule has 0 spiro atoms. The van der Waals surface area contributed by atoms with Crippen molar-refractivity contribution in [3.63, 3.8) is 0 Å². The summed E-state index contributed by atoms with van der Waals surface area (Å²) in [6.07, 6.45) is 0. The number of urea groups is 1. The number of nitrogens with zero attached hydrogens (tertiary/aromatic N) is 1. The zero-order chi connectivity index (χ0) is 17.3. The van der Waals surface area contributed by atoms with Gasteiger partial charge in [-0.3, -0.25) is 4.79 Å². The maximum absolute atomic E-state index is 12.2. The SMILES string of the molecule is Cc1ccc(NC(=O)Nc2ccc3c(c2)N(C)C(=O)CS3)cc1C. The third-order valence-corrected chi connectivity index (χ3v) is 5.12. The molecule has 0 aliphatic carbocycles. The number of hydrogen-bond acceptors (Lipinski definition) is 3. The highest BCUT2D eigenvalue weighted by Crippen LogP contribution is 2.36. The first kappa shape index (κ1) is 16.4. The van der Waals surface area contributed by atoms with Crippen molar-refractivity contribution in [1.29, 1.82) is 0 Å². The number of amides is 3. The number of anilines is 3. The number of rotatable bonds is 2. The molecule has 0 fully saturated rings. The highest BCUT2D eigenvalue weighted by molar-refractivity contribution is 8.00. The van der Waals surface area contributed by atoms with Gasteiger partial charge in [-0.25, -0.2) is 4.79 Å². The maximum Gasteiger partial charge on any atom is 0.323 e. The Balaban J connectivity index is 1.73. The van der Waals surface area contributed by atoms with Crippen molar-refractivity contribution < 1.29 is 9.59 Å². The third-order valence-electron chi connectivity index (χ3n) is 4.07. The molecule has 0 radical (unpaired) electrons. The minimum atomic E-state index is -0.310. The molecule has 0 unspecified atom stereocenters. The molecule has 0 saturated carbocycles. The van der Waals surface area contributed by atoms with E-state index in [1.807, 2.05) is 50.2 Å². The maximum atomic E-state index is 12.2. The molecule has 0 aromatic heterocycles. The molecule has 0 atom stereocenters. The summed E-state index contributed by atoms with van der Waals surface area (Å²) in [5, 5.41) is 5.64. The van der Waals surface area contributed by atoms with Crippen molar-refractivity contribution in [2.45, 2.75) is 18.7 Å². The average Bonchev–Trinajstić information content (AvgIpc) is 2.55. The van der Waals surface area contributed by atoms with Crippen LogP contribution < -0.4 is 15.5 Å². The van der Waals surface area contributed by atoms with E-state index in [0.29, 0.717) is 11.4 Å². The van der Waals surface area contributed by atoms with Gasteiger partial charge in [-0.05, 0) is 55.3 Å². The second kappa shape index (κ2) is 6.57. The fraction of sp³-hybridized carbons (Fsp3) is 0.222. The summed E-state index contributed by atoms with van der Waals surface area (Å²) in [6.45, 7) is 4.04. The molecule has 3 rings (SSSR count). The van der Waals surface area contributed by atoms with Crippen LogP contribution >= 0.6 is 11.8 Å². The Morgan fingerprint density at radius 3 is 2.42 bits per heavy atom. The van der Waals surface area contributed by atoms with Gasteiger partial charge in [0.15, 0.2) is 0 Å². The number of aryl methyl sites for hydroxylation is 2. The highest BCUT2D eigenvalue weighted by atomic mass is 32.2. The molecule has 24 heavy (non-hydrogen) atoms. The van der Waals surface area contributed by atoms with Gasteiger partial charge in [-0.1, -0.05) is 6.07 Å². The molecule has 124 valence electrons. The van der Waals surface area contributed by atoms with Crippen LogP contribution in [0.1, 0.15) is 11.1 Å². The first-order valence-electron chi connectivity index (χ1n) is 7.63. The number of fused-ring (bicyclic) bond motifs is 1. The Bertz CT molecular complexity index is 820. The van der Waals surface area contributed by atoms with Crippen molar-refractivity contribution in [1.82, 2.24) is 0 Å². The van der Waals surface area contributed by atoms with Crippen molar-refractivity contribution in [3.05, 3.63) is 47.5 Å². The Hall–Kier alpha value is -2.47. The standard InChI is InChI=1S/C18H19N3O2S/c1-11-4-5-13(8-12(11)2)19-18(23)20-14-6-7-16-15(9-14)21(3)17(22)10-24-16/h4-9H,10H2,1-3H3,(H2,19,20,23). The Morgan fingerprint density at radius 2 is 1.71 bits per heavy atom. The second-order valence-corrected chi connectivity index (χ2v) is 6.82. The number of carbonyl (C=O) groups excluding carboxylic acids is 2. The Kier molecular flexibility index (Phi) is 4.49. The van der Waals surface area contributed by atoms with E-state index in [1.54, 1.807) is 11.9 Å². The summed E-state index contributed by atoms with van der Waals surface area (Å²) in [5.74, 6) is 0.507. The van der Waals surface area contributed by atoms with Gasteiger partial charge >= 0.3 is 6.03 Å². The van der Waals surface area contributed by atoms with Crippen LogP contribution in [0.25, 0.3) is 0 Å². The van der Waals surface area contributed by atoms with Crippen LogP contribution in [0.5, 0.6) is 0 Å². The van der Waals surface area contributed by atoms with E-state index >= 15 is 0 Å². The van der Waals surface area contributed by atoms with Crippen molar-refractivity contribution >= 4 is 40.8 Å². The number of nitrogens with one attached hydrogen (secondary N) is 2. The predicted molar refractivity (Wildman–Crippen MR) is 99.1 cm³/mol. The van der Waals surface area contributed by atoms with Gasteiger partial charge < -0.3 is 15.5 Å². The molecule has 1 heterocycles. The molecule has 0 saturated heterocycles. The number of carbonyl (C=O) groups is 2. The van der Waals surface area contributed by atoms with Crippen LogP contribution in [0.3, 0.4) is 0 Å². The van der Waals surface area contributed by atoms with E-state index < -0.39 is 0 Å². The molecule has 3 amide bonds. The van der Waals surface area contributed by atoms with E-state index in [0.717, 1.165) is 21.8 Å². The molecular weight excluding hydrogens is 322 g/mol. The van der Waals surface area contributed by atoms with Crippen LogP contribution in [-0.2, 0) is 4.79 Å². The first-order chi connectivity index (χ1) is 11.4.